The van der Waals surface area contributed by atoms with Crippen LogP contribution in [0.4, 0.5) is 13.2 Å². The SMILES string of the molecule is OC1(CC(F)(F)F)CCNC1. The van der Waals surface area contributed by atoms with Crippen molar-refractivity contribution >= 4 is 0 Å². The molecule has 1 aliphatic heterocycles. The third kappa shape index (κ3) is 2.67. The molecule has 66 valence electrons. The Hall–Kier alpha value is -0.290. The molecule has 11 heavy (non-hydrogen) atoms. The number of aliphatic hydroxyl groups is 1. The molecule has 0 saturated carbocycles. The molecule has 5 heteroatoms. The highest BCUT2D eigenvalue weighted by Crippen LogP contribution is 2.30. The van der Waals surface area contributed by atoms with Crippen LogP contribution < -0.4 is 5.32 Å². The van der Waals surface area contributed by atoms with E-state index in [2.05, 4.69) is 5.32 Å². The number of alkyl halides is 3. The minimum atomic E-state index is -4.26. The first-order valence-corrected chi connectivity index (χ1v) is 3.41. The van der Waals surface area contributed by atoms with Gasteiger partial charge in [-0.1, -0.05) is 0 Å². The Balaban J connectivity index is 2.46. The van der Waals surface area contributed by atoms with Crippen molar-refractivity contribution in [3.63, 3.8) is 0 Å². The van der Waals surface area contributed by atoms with Gasteiger partial charge >= 0.3 is 6.18 Å². The summed E-state index contributed by atoms with van der Waals surface area (Å²) in [5.74, 6) is 0. The van der Waals surface area contributed by atoms with Gasteiger partial charge in [-0.25, -0.2) is 0 Å². The van der Waals surface area contributed by atoms with E-state index in [4.69, 9.17) is 0 Å². The molecule has 0 spiro atoms. The Labute approximate surface area is 62.4 Å². The van der Waals surface area contributed by atoms with Gasteiger partial charge in [0.25, 0.3) is 0 Å². The fraction of sp³-hybridized carbons (Fsp3) is 1.00. The summed E-state index contributed by atoms with van der Waals surface area (Å²) in [5, 5.41) is 11.9. The average Bonchev–Trinajstić information content (AvgIpc) is 2.09. The molecule has 1 saturated heterocycles. The molecule has 0 aliphatic carbocycles. The summed E-state index contributed by atoms with van der Waals surface area (Å²) in [6.45, 7) is 0.513. The lowest BCUT2D eigenvalue weighted by Gasteiger charge is -2.22. The first-order chi connectivity index (χ1) is 4.91. The highest BCUT2D eigenvalue weighted by atomic mass is 19.4. The quantitative estimate of drug-likeness (QED) is 0.604. The van der Waals surface area contributed by atoms with Crippen molar-refractivity contribution in [2.24, 2.45) is 0 Å². The summed E-state index contributed by atoms with van der Waals surface area (Å²) in [7, 11) is 0. The zero-order chi connectivity index (χ0) is 8.54. The highest BCUT2D eigenvalue weighted by molar-refractivity contribution is 4.89. The van der Waals surface area contributed by atoms with E-state index in [-0.39, 0.29) is 13.0 Å². The highest BCUT2D eigenvalue weighted by Gasteiger charge is 2.42. The Morgan fingerprint density at radius 3 is 2.45 bits per heavy atom. The lowest BCUT2D eigenvalue weighted by atomic mass is 9.99. The van der Waals surface area contributed by atoms with E-state index >= 15 is 0 Å². The minimum absolute atomic E-state index is 0.0481. The Morgan fingerprint density at radius 2 is 2.09 bits per heavy atom. The number of nitrogens with one attached hydrogen (secondary N) is 1. The average molecular weight is 169 g/mol. The predicted octanol–water partition coefficient (Wildman–Crippen LogP) is 0.663. The zero-order valence-corrected chi connectivity index (χ0v) is 5.91. The Kier molecular flexibility index (Phi) is 2.11. The summed E-state index contributed by atoms with van der Waals surface area (Å²) in [6.07, 6.45) is -5.18. The third-order valence-corrected chi connectivity index (χ3v) is 1.75. The first kappa shape index (κ1) is 8.80. The molecular formula is C6H10F3NO. The molecule has 2 N–H and O–H groups in total. The van der Waals surface area contributed by atoms with Crippen molar-refractivity contribution in [1.29, 1.82) is 0 Å². The van der Waals surface area contributed by atoms with Crippen molar-refractivity contribution in [2.75, 3.05) is 13.1 Å². The van der Waals surface area contributed by atoms with Gasteiger partial charge in [0.15, 0.2) is 0 Å². The minimum Gasteiger partial charge on any atom is -0.388 e. The molecule has 1 aliphatic rings. The van der Waals surface area contributed by atoms with Gasteiger partial charge in [0, 0.05) is 6.54 Å². The van der Waals surface area contributed by atoms with Crippen LogP contribution in [0.3, 0.4) is 0 Å². The van der Waals surface area contributed by atoms with Crippen molar-refractivity contribution in [1.82, 2.24) is 5.32 Å². The monoisotopic (exact) mass is 169 g/mol. The summed E-state index contributed by atoms with van der Waals surface area (Å²) in [6, 6.07) is 0. The van der Waals surface area contributed by atoms with E-state index in [1.165, 1.54) is 0 Å². The van der Waals surface area contributed by atoms with Gasteiger partial charge in [-0.2, -0.15) is 13.2 Å². The first-order valence-electron chi connectivity index (χ1n) is 3.41. The number of hydrogen-bond donors (Lipinski definition) is 2. The Bertz CT molecular complexity index is 139. The number of hydrogen-bond acceptors (Lipinski definition) is 2. The van der Waals surface area contributed by atoms with Gasteiger partial charge in [0.05, 0.1) is 12.0 Å². The molecule has 0 aromatic heterocycles. The maximum absolute atomic E-state index is 11.8. The number of halogens is 3. The van der Waals surface area contributed by atoms with Gasteiger partial charge in [-0.15, -0.1) is 0 Å². The van der Waals surface area contributed by atoms with Crippen LogP contribution in [-0.4, -0.2) is 30.0 Å². The van der Waals surface area contributed by atoms with Crippen molar-refractivity contribution < 1.29 is 18.3 Å². The van der Waals surface area contributed by atoms with Gasteiger partial charge in [-0.05, 0) is 13.0 Å². The zero-order valence-electron chi connectivity index (χ0n) is 5.91. The van der Waals surface area contributed by atoms with Crippen LogP contribution in [0.5, 0.6) is 0 Å². The normalized spacial score (nSPS) is 32.7. The maximum atomic E-state index is 11.8. The lowest BCUT2D eigenvalue weighted by Crippen LogP contribution is -2.36. The second kappa shape index (κ2) is 2.64. The predicted molar refractivity (Wildman–Crippen MR) is 33.1 cm³/mol. The summed E-state index contributed by atoms with van der Waals surface area (Å²) < 4.78 is 35.3. The van der Waals surface area contributed by atoms with Crippen LogP contribution in [0.1, 0.15) is 12.8 Å². The van der Waals surface area contributed by atoms with E-state index in [1.807, 2.05) is 0 Å². The Morgan fingerprint density at radius 1 is 1.45 bits per heavy atom. The smallest absolute Gasteiger partial charge is 0.388 e. The molecule has 1 rings (SSSR count). The molecule has 0 amide bonds. The molecule has 1 fully saturated rings. The van der Waals surface area contributed by atoms with Crippen LogP contribution in [0, 0.1) is 0 Å². The van der Waals surface area contributed by atoms with Crippen LogP contribution >= 0.6 is 0 Å². The van der Waals surface area contributed by atoms with Crippen LogP contribution in [0.25, 0.3) is 0 Å². The number of β-amino-alcohol motifs (C(OH)–C–C–N with tert-alkyl or cyclic N) is 1. The van der Waals surface area contributed by atoms with Gasteiger partial charge in [0.2, 0.25) is 0 Å². The van der Waals surface area contributed by atoms with Gasteiger partial charge in [-0.3, -0.25) is 0 Å². The van der Waals surface area contributed by atoms with Crippen LogP contribution in [-0.2, 0) is 0 Å². The largest absolute Gasteiger partial charge is 0.391 e. The topological polar surface area (TPSA) is 32.3 Å². The fourth-order valence-electron chi connectivity index (χ4n) is 1.25. The molecule has 2 nitrogen and oxygen atoms in total. The summed E-state index contributed by atoms with van der Waals surface area (Å²) >= 11 is 0. The van der Waals surface area contributed by atoms with Crippen molar-refractivity contribution in [3.05, 3.63) is 0 Å². The molecule has 0 bridgehead atoms. The van der Waals surface area contributed by atoms with Crippen molar-refractivity contribution in [3.8, 4) is 0 Å². The van der Waals surface area contributed by atoms with E-state index < -0.39 is 18.2 Å². The van der Waals surface area contributed by atoms with Crippen LogP contribution in [0.2, 0.25) is 0 Å². The summed E-state index contributed by atoms with van der Waals surface area (Å²) in [4.78, 5) is 0. The van der Waals surface area contributed by atoms with E-state index in [9.17, 15) is 18.3 Å². The van der Waals surface area contributed by atoms with Crippen molar-refractivity contribution in [2.45, 2.75) is 24.6 Å². The van der Waals surface area contributed by atoms with E-state index in [0.717, 1.165) is 0 Å². The van der Waals surface area contributed by atoms with Crippen LogP contribution in [0.15, 0.2) is 0 Å². The molecule has 1 unspecified atom stereocenters. The molecule has 0 aromatic carbocycles. The summed E-state index contributed by atoms with van der Waals surface area (Å²) in [5.41, 5.74) is -1.56. The van der Waals surface area contributed by atoms with Gasteiger partial charge in [0.1, 0.15) is 0 Å². The third-order valence-electron chi connectivity index (χ3n) is 1.75. The molecule has 1 heterocycles. The second-order valence-corrected chi connectivity index (χ2v) is 2.94. The molecule has 0 radical (unpaired) electrons. The standard InChI is InChI=1S/C6H10F3NO/c7-6(8,9)3-5(11)1-2-10-4-5/h10-11H,1-4H2. The fourth-order valence-corrected chi connectivity index (χ4v) is 1.25. The van der Waals surface area contributed by atoms with Gasteiger partial charge < -0.3 is 10.4 Å². The lowest BCUT2D eigenvalue weighted by molar-refractivity contribution is -0.171. The number of rotatable bonds is 1. The maximum Gasteiger partial charge on any atom is 0.391 e. The second-order valence-electron chi connectivity index (χ2n) is 2.94. The van der Waals surface area contributed by atoms with E-state index in [0.29, 0.717) is 6.54 Å². The molecule has 1 atom stereocenters. The molecule has 0 aromatic rings. The molecular weight excluding hydrogens is 159 g/mol. The van der Waals surface area contributed by atoms with E-state index in [1.54, 1.807) is 0 Å².